The lowest BCUT2D eigenvalue weighted by atomic mass is 10.1. The number of carbonyl (C=O) groups excluding carboxylic acids is 1. The van der Waals surface area contributed by atoms with E-state index in [1.807, 2.05) is 6.92 Å². The second-order valence-corrected chi connectivity index (χ2v) is 5.28. The molecule has 1 unspecified atom stereocenters. The van der Waals surface area contributed by atoms with Gasteiger partial charge in [0.2, 0.25) is 0 Å². The monoisotopic (exact) mass is 273 g/mol. The molecule has 98 valence electrons. The molecule has 2 aromatic rings. The summed E-state index contributed by atoms with van der Waals surface area (Å²) < 4.78 is 0.901. The van der Waals surface area contributed by atoms with Crippen molar-refractivity contribution in [3.8, 4) is 12.3 Å². The summed E-state index contributed by atoms with van der Waals surface area (Å²) in [6.07, 6.45) is 7.10. The van der Waals surface area contributed by atoms with Crippen LogP contribution in [-0.2, 0) is 0 Å². The van der Waals surface area contributed by atoms with Gasteiger partial charge in [-0.25, -0.2) is 4.98 Å². The molecule has 0 saturated carbocycles. The van der Waals surface area contributed by atoms with Crippen molar-refractivity contribution in [3.05, 3.63) is 23.8 Å². The molecule has 19 heavy (non-hydrogen) atoms. The zero-order valence-electron chi connectivity index (χ0n) is 10.6. The molecule has 3 N–H and O–H groups in total. The van der Waals surface area contributed by atoms with E-state index in [1.165, 1.54) is 11.3 Å². The van der Waals surface area contributed by atoms with Gasteiger partial charge in [0.05, 0.1) is 16.3 Å². The minimum absolute atomic E-state index is 0.162. The summed E-state index contributed by atoms with van der Waals surface area (Å²) in [4.78, 5) is 16.2. The number of nitrogen functional groups attached to an aromatic ring is 1. The number of nitrogens with zero attached hydrogens (tertiary/aromatic N) is 1. The number of benzene rings is 1. The van der Waals surface area contributed by atoms with E-state index in [0.29, 0.717) is 10.7 Å². The maximum atomic E-state index is 12.1. The minimum Gasteiger partial charge on any atom is -0.375 e. The number of anilines is 1. The highest BCUT2D eigenvalue weighted by molar-refractivity contribution is 7.22. The van der Waals surface area contributed by atoms with Gasteiger partial charge in [0, 0.05) is 5.56 Å². The number of thiazole rings is 1. The van der Waals surface area contributed by atoms with Crippen molar-refractivity contribution in [3.63, 3.8) is 0 Å². The van der Waals surface area contributed by atoms with Gasteiger partial charge in [-0.15, -0.1) is 6.42 Å². The molecule has 2 rings (SSSR count). The van der Waals surface area contributed by atoms with Crippen molar-refractivity contribution in [2.24, 2.45) is 0 Å². The van der Waals surface area contributed by atoms with Crippen molar-refractivity contribution in [1.29, 1.82) is 0 Å². The van der Waals surface area contributed by atoms with Crippen molar-refractivity contribution in [2.45, 2.75) is 25.8 Å². The van der Waals surface area contributed by atoms with Gasteiger partial charge in [-0.3, -0.25) is 4.79 Å². The van der Waals surface area contributed by atoms with Gasteiger partial charge in [-0.05, 0) is 24.6 Å². The van der Waals surface area contributed by atoms with Crippen LogP contribution in [0, 0.1) is 12.3 Å². The number of nitrogens with one attached hydrogen (secondary N) is 1. The molecule has 1 heterocycles. The van der Waals surface area contributed by atoms with E-state index >= 15 is 0 Å². The van der Waals surface area contributed by atoms with Crippen molar-refractivity contribution in [2.75, 3.05) is 5.73 Å². The van der Waals surface area contributed by atoms with E-state index < -0.39 is 0 Å². The van der Waals surface area contributed by atoms with Gasteiger partial charge in [-0.1, -0.05) is 30.6 Å². The van der Waals surface area contributed by atoms with Crippen molar-refractivity contribution >= 4 is 32.6 Å². The van der Waals surface area contributed by atoms with Crippen LogP contribution < -0.4 is 11.1 Å². The Morgan fingerprint density at radius 3 is 3.11 bits per heavy atom. The van der Waals surface area contributed by atoms with Gasteiger partial charge in [0.1, 0.15) is 0 Å². The Morgan fingerprint density at radius 2 is 2.42 bits per heavy atom. The average molecular weight is 273 g/mol. The molecule has 0 fully saturated rings. The van der Waals surface area contributed by atoms with Crippen LogP contribution >= 0.6 is 11.3 Å². The van der Waals surface area contributed by atoms with Gasteiger partial charge < -0.3 is 11.1 Å². The Bertz CT molecular complexity index is 642. The standard InChI is InChI=1S/C14H15N3OS/c1-3-5-10(4-2)16-13(18)9-6-7-11-12(8-9)19-14(15)17-11/h2,6-8,10H,3,5H2,1H3,(H2,15,17)(H,16,18). The van der Waals surface area contributed by atoms with Crippen LogP contribution in [0.25, 0.3) is 10.2 Å². The highest BCUT2D eigenvalue weighted by Gasteiger charge is 2.12. The zero-order chi connectivity index (χ0) is 13.8. The topological polar surface area (TPSA) is 68.0 Å². The van der Waals surface area contributed by atoms with E-state index in [2.05, 4.69) is 16.2 Å². The van der Waals surface area contributed by atoms with Crippen LogP contribution in [0.15, 0.2) is 18.2 Å². The van der Waals surface area contributed by atoms with E-state index in [0.717, 1.165) is 23.1 Å². The van der Waals surface area contributed by atoms with E-state index in [1.54, 1.807) is 18.2 Å². The quantitative estimate of drug-likeness (QED) is 0.841. The largest absolute Gasteiger partial charge is 0.375 e. The number of amides is 1. The summed E-state index contributed by atoms with van der Waals surface area (Å²) in [7, 11) is 0. The second-order valence-electron chi connectivity index (χ2n) is 4.22. The highest BCUT2D eigenvalue weighted by Crippen LogP contribution is 2.24. The average Bonchev–Trinajstić information content (AvgIpc) is 2.76. The predicted molar refractivity (Wildman–Crippen MR) is 79.0 cm³/mol. The molecule has 0 radical (unpaired) electrons. The molecule has 0 aliphatic carbocycles. The summed E-state index contributed by atoms with van der Waals surface area (Å²) in [5.74, 6) is 2.42. The third-order valence-electron chi connectivity index (χ3n) is 2.75. The summed E-state index contributed by atoms with van der Waals surface area (Å²) in [5, 5.41) is 3.33. The van der Waals surface area contributed by atoms with Crippen molar-refractivity contribution in [1.82, 2.24) is 10.3 Å². The molecule has 5 heteroatoms. The first kappa shape index (κ1) is 13.4. The molecule has 0 aliphatic heterocycles. The van der Waals surface area contributed by atoms with Crippen LogP contribution in [0.3, 0.4) is 0 Å². The summed E-state index contributed by atoms with van der Waals surface area (Å²) in [6.45, 7) is 2.03. The Morgan fingerprint density at radius 1 is 1.63 bits per heavy atom. The number of hydrogen-bond acceptors (Lipinski definition) is 4. The molecule has 1 atom stereocenters. The third-order valence-corrected chi connectivity index (χ3v) is 3.60. The lowest BCUT2D eigenvalue weighted by molar-refractivity contribution is 0.0944. The van der Waals surface area contributed by atoms with Crippen LogP contribution in [0.4, 0.5) is 5.13 Å². The first-order chi connectivity index (χ1) is 9.13. The molecule has 1 aromatic heterocycles. The van der Waals surface area contributed by atoms with Crippen molar-refractivity contribution < 1.29 is 4.79 Å². The fraction of sp³-hybridized carbons (Fsp3) is 0.286. The third kappa shape index (κ3) is 3.04. The number of terminal acetylenes is 1. The molecule has 0 aliphatic rings. The maximum Gasteiger partial charge on any atom is 0.252 e. The fourth-order valence-electron chi connectivity index (χ4n) is 1.81. The first-order valence-corrected chi connectivity index (χ1v) is 6.88. The highest BCUT2D eigenvalue weighted by atomic mass is 32.1. The molecule has 0 saturated heterocycles. The molecular formula is C14H15N3OS. The second kappa shape index (κ2) is 5.72. The zero-order valence-corrected chi connectivity index (χ0v) is 11.5. The number of rotatable bonds is 4. The normalized spacial score (nSPS) is 12.0. The SMILES string of the molecule is C#CC(CCC)NC(=O)c1ccc2nc(N)sc2c1. The summed E-state index contributed by atoms with van der Waals surface area (Å²) >= 11 is 1.36. The smallest absolute Gasteiger partial charge is 0.252 e. The Balaban J connectivity index is 2.19. The van der Waals surface area contributed by atoms with Gasteiger partial charge in [0.25, 0.3) is 5.91 Å². The molecule has 1 aromatic carbocycles. The fourth-order valence-corrected chi connectivity index (χ4v) is 2.58. The van der Waals surface area contributed by atoms with E-state index in [-0.39, 0.29) is 11.9 Å². The Labute approximate surface area is 116 Å². The lowest BCUT2D eigenvalue weighted by Crippen LogP contribution is -2.33. The molecule has 0 spiro atoms. The Kier molecular flexibility index (Phi) is 4.03. The Hall–Kier alpha value is -2.06. The molecule has 0 bridgehead atoms. The van der Waals surface area contributed by atoms with E-state index in [9.17, 15) is 4.79 Å². The summed E-state index contributed by atoms with van der Waals surface area (Å²) in [6, 6.07) is 5.09. The van der Waals surface area contributed by atoms with Crippen LogP contribution in [0.1, 0.15) is 30.1 Å². The molecular weight excluding hydrogens is 258 g/mol. The lowest BCUT2D eigenvalue weighted by Gasteiger charge is -2.11. The van der Waals surface area contributed by atoms with E-state index in [4.69, 9.17) is 12.2 Å². The van der Waals surface area contributed by atoms with Crippen LogP contribution in [0.5, 0.6) is 0 Å². The molecule has 4 nitrogen and oxygen atoms in total. The maximum absolute atomic E-state index is 12.1. The first-order valence-electron chi connectivity index (χ1n) is 6.07. The minimum atomic E-state index is -0.222. The van der Waals surface area contributed by atoms with Gasteiger partial charge >= 0.3 is 0 Å². The number of carbonyl (C=O) groups is 1. The summed E-state index contributed by atoms with van der Waals surface area (Å²) in [5.41, 5.74) is 7.02. The number of nitrogens with two attached hydrogens (primary N) is 1. The van der Waals surface area contributed by atoms with Gasteiger partial charge in [0.15, 0.2) is 5.13 Å². The number of hydrogen-bond donors (Lipinski definition) is 2. The number of fused-ring (bicyclic) bond motifs is 1. The number of aromatic nitrogens is 1. The van der Waals surface area contributed by atoms with Crippen LogP contribution in [-0.4, -0.2) is 16.9 Å². The predicted octanol–water partition coefficient (Wildman–Crippen LogP) is 2.41. The van der Waals surface area contributed by atoms with Gasteiger partial charge in [-0.2, -0.15) is 0 Å². The van der Waals surface area contributed by atoms with Crippen LogP contribution in [0.2, 0.25) is 0 Å². The molecule has 1 amide bonds.